The summed E-state index contributed by atoms with van der Waals surface area (Å²) in [6.07, 6.45) is 2.19. The van der Waals surface area contributed by atoms with Crippen molar-refractivity contribution < 1.29 is 0 Å². The average molecular weight is 248 g/mol. The maximum absolute atomic E-state index is 5.96. The first-order valence-electron chi connectivity index (χ1n) is 6.86. The van der Waals surface area contributed by atoms with E-state index in [4.69, 9.17) is 5.73 Å². The summed E-state index contributed by atoms with van der Waals surface area (Å²) in [5.41, 5.74) is 11.5. The summed E-state index contributed by atoms with van der Waals surface area (Å²) in [7, 11) is 0. The SMILES string of the molecule is Cc1ccc(CNCCCC(C)(C)N)c(C)c1C. The van der Waals surface area contributed by atoms with Crippen molar-refractivity contribution in [3.05, 3.63) is 34.4 Å². The van der Waals surface area contributed by atoms with E-state index in [1.165, 1.54) is 22.3 Å². The van der Waals surface area contributed by atoms with Crippen LogP contribution in [-0.2, 0) is 6.54 Å². The Morgan fingerprint density at radius 3 is 2.39 bits per heavy atom. The minimum Gasteiger partial charge on any atom is -0.326 e. The van der Waals surface area contributed by atoms with Gasteiger partial charge in [-0.2, -0.15) is 0 Å². The molecule has 0 aromatic heterocycles. The van der Waals surface area contributed by atoms with Gasteiger partial charge in [0.05, 0.1) is 0 Å². The van der Waals surface area contributed by atoms with Gasteiger partial charge in [0, 0.05) is 12.1 Å². The van der Waals surface area contributed by atoms with E-state index < -0.39 is 0 Å². The van der Waals surface area contributed by atoms with Gasteiger partial charge in [-0.1, -0.05) is 12.1 Å². The zero-order valence-corrected chi connectivity index (χ0v) is 12.6. The Morgan fingerprint density at radius 2 is 1.78 bits per heavy atom. The fourth-order valence-corrected chi connectivity index (χ4v) is 2.10. The van der Waals surface area contributed by atoms with E-state index in [0.717, 1.165) is 25.9 Å². The molecule has 0 amide bonds. The highest BCUT2D eigenvalue weighted by Crippen LogP contribution is 2.16. The van der Waals surface area contributed by atoms with Crippen molar-refractivity contribution in [3.63, 3.8) is 0 Å². The highest BCUT2D eigenvalue weighted by atomic mass is 14.8. The number of aryl methyl sites for hydroxylation is 1. The zero-order valence-electron chi connectivity index (χ0n) is 12.6. The van der Waals surface area contributed by atoms with Gasteiger partial charge >= 0.3 is 0 Å². The van der Waals surface area contributed by atoms with Gasteiger partial charge in [-0.3, -0.25) is 0 Å². The smallest absolute Gasteiger partial charge is 0.0208 e. The summed E-state index contributed by atoms with van der Waals surface area (Å²) in [6.45, 7) is 12.7. The molecule has 0 aliphatic carbocycles. The van der Waals surface area contributed by atoms with Gasteiger partial charge in [-0.15, -0.1) is 0 Å². The third kappa shape index (κ3) is 4.79. The molecule has 0 unspecified atom stereocenters. The van der Waals surface area contributed by atoms with Gasteiger partial charge in [-0.25, -0.2) is 0 Å². The second-order valence-corrected chi connectivity index (χ2v) is 6.06. The molecule has 18 heavy (non-hydrogen) atoms. The van der Waals surface area contributed by atoms with Crippen LogP contribution in [0.25, 0.3) is 0 Å². The molecule has 1 rings (SSSR count). The van der Waals surface area contributed by atoms with E-state index >= 15 is 0 Å². The maximum Gasteiger partial charge on any atom is 0.0208 e. The molecule has 102 valence electrons. The van der Waals surface area contributed by atoms with Gasteiger partial charge in [0.25, 0.3) is 0 Å². The molecule has 1 aromatic rings. The normalized spacial score (nSPS) is 11.9. The second-order valence-electron chi connectivity index (χ2n) is 6.06. The predicted molar refractivity (Wildman–Crippen MR) is 79.9 cm³/mol. The summed E-state index contributed by atoms with van der Waals surface area (Å²) < 4.78 is 0. The number of rotatable bonds is 6. The highest BCUT2D eigenvalue weighted by molar-refractivity contribution is 5.38. The van der Waals surface area contributed by atoms with Crippen LogP contribution in [0.15, 0.2) is 12.1 Å². The molecule has 2 nitrogen and oxygen atoms in total. The van der Waals surface area contributed by atoms with Gasteiger partial charge in [0.1, 0.15) is 0 Å². The quantitative estimate of drug-likeness (QED) is 0.759. The van der Waals surface area contributed by atoms with E-state index in [0.29, 0.717) is 0 Å². The standard InChI is InChI=1S/C16H28N2/c1-12-7-8-15(14(3)13(12)2)11-18-10-6-9-16(4,5)17/h7-8,18H,6,9-11,17H2,1-5H3. The third-order valence-electron chi connectivity index (χ3n) is 3.66. The first-order valence-corrected chi connectivity index (χ1v) is 6.86. The lowest BCUT2D eigenvalue weighted by molar-refractivity contribution is 0.448. The molecule has 2 heteroatoms. The first kappa shape index (κ1) is 15.2. The molecule has 0 bridgehead atoms. The Hall–Kier alpha value is -0.860. The lowest BCUT2D eigenvalue weighted by atomic mass is 9.98. The minimum absolute atomic E-state index is 0.0436. The zero-order chi connectivity index (χ0) is 13.8. The maximum atomic E-state index is 5.96. The monoisotopic (exact) mass is 248 g/mol. The van der Waals surface area contributed by atoms with Crippen molar-refractivity contribution in [1.82, 2.24) is 5.32 Å². The molecule has 0 saturated heterocycles. The summed E-state index contributed by atoms with van der Waals surface area (Å²) in [5.74, 6) is 0. The van der Waals surface area contributed by atoms with Crippen LogP contribution < -0.4 is 11.1 Å². The van der Waals surface area contributed by atoms with Gasteiger partial charge in [0.15, 0.2) is 0 Å². The van der Waals surface area contributed by atoms with Crippen LogP contribution in [0.3, 0.4) is 0 Å². The molecule has 0 aliphatic heterocycles. The van der Waals surface area contributed by atoms with Crippen molar-refractivity contribution in [3.8, 4) is 0 Å². The van der Waals surface area contributed by atoms with E-state index in [-0.39, 0.29) is 5.54 Å². The van der Waals surface area contributed by atoms with Crippen LogP contribution in [0.4, 0.5) is 0 Å². The van der Waals surface area contributed by atoms with Gasteiger partial charge < -0.3 is 11.1 Å². The molecule has 0 saturated carbocycles. The van der Waals surface area contributed by atoms with E-state index in [1.807, 2.05) is 0 Å². The summed E-state index contributed by atoms with van der Waals surface area (Å²) in [6, 6.07) is 4.44. The molecular formula is C16H28N2. The van der Waals surface area contributed by atoms with Crippen LogP contribution >= 0.6 is 0 Å². The van der Waals surface area contributed by atoms with Gasteiger partial charge in [0.2, 0.25) is 0 Å². The summed E-state index contributed by atoms with van der Waals surface area (Å²) in [5, 5.41) is 3.51. The van der Waals surface area contributed by atoms with Crippen molar-refractivity contribution >= 4 is 0 Å². The minimum atomic E-state index is -0.0436. The Kier molecular flexibility index (Phi) is 5.36. The van der Waals surface area contributed by atoms with Crippen molar-refractivity contribution in [1.29, 1.82) is 0 Å². The average Bonchev–Trinajstić information content (AvgIpc) is 2.27. The van der Waals surface area contributed by atoms with E-state index in [9.17, 15) is 0 Å². The van der Waals surface area contributed by atoms with Gasteiger partial charge in [-0.05, 0) is 76.3 Å². The molecule has 3 N–H and O–H groups in total. The Labute approximate surface area is 112 Å². The van der Waals surface area contributed by atoms with Crippen LogP contribution in [0.5, 0.6) is 0 Å². The van der Waals surface area contributed by atoms with E-state index in [2.05, 4.69) is 52.1 Å². The molecule has 1 aromatic carbocycles. The fourth-order valence-electron chi connectivity index (χ4n) is 2.10. The lowest BCUT2D eigenvalue weighted by Crippen LogP contribution is -2.32. The molecule has 0 radical (unpaired) electrons. The van der Waals surface area contributed by atoms with Crippen molar-refractivity contribution in [2.75, 3.05) is 6.54 Å². The Bertz CT molecular complexity index is 389. The number of benzene rings is 1. The van der Waals surface area contributed by atoms with E-state index in [1.54, 1.807) is 0 Å². The van der Waals surface area contributed by atoms with Crippen molar-refractivity contribution in [2.45, 2.75) is 59.5 Å². The third-order valence-corrected chi connectivity index (χ3v) is 3.66. The summed E-state index contributed by atoms with van der Waals surface area (Å²) >= 11 is 0. The van der Waals surface area contributed by atoms with Crippen LogP contribution in [0.2, 0.25) is 0 Å². The topological polar surface area (TPSA) is 38.0 Å². The molecule has 0 heterocycles. The Balaban J connectivity index is 2.39. The molecule has 0 spiro atoms. The number of nitrogens with two attached hydrogens (primary N) is 1. The number of hydrogen-bond donors (Lipinski definition) is 2. The Morgan fingerprint density at radius 1 is 1.11 bits per heavy atom. The molecule has 0 fully saturated rings. The highest BCUT2D eigenvalue weighted by Gasteiger charge is 2.09. The molecule has 0 atom stereocenters. The second kappa shape index (κ2) is 6.35. The number of hydrogen-bond acceptors (Lipinski definition) is 2. The molecule has 0 aliphatic rings. The van der Waals surface area contributed by atoms with Crippen LogP contribution in [0, 0.1) is 20.8 Å². The molecular weight excluding hydrogens is 220 g/mol. The number of nitrogens with one attached hydrogen (secondary N) is 1. The van der Waals surface area contributed by atoms with Crippen LogP contribution in [0.1, 0.15) is 48.9 Å². The predicted octanol–water partition coefficient (Wildman–Crippen LogP) is 3.22. The lowest BCUT2D eigenvalue weighted by Gasteiger charge is -2.18. The fraction of sp³-hybridized carbons (Fsp3) is 0.625. The summed E-state index contributed by atoms with van der Waals surface area (Å²) in [4.78, 5) is 0. The van der Waals surface area contributed by atoms with Crippen LogP contribution in [-0.4, -0.2) is 12.1 Å². The first-order chi connectivity index (χ1) is 8.31. The largest absolute Gasteiger partial charge is 0.326 e. The van der Waals surface area contributed by atoms with Crippen molar-refractivity contribution in [2.24, 2.45) is 5.73 Å².